The Morgan fingerprint density at radius 1 is 1.17 bits per heavy atom. The molecule has 1 aromatic heterocycles. The Kier molecular flexibility index (Phi) is 5.40. The van der Waals surface area contributed by atoms with E-state index in [0.29, 0.717) is 6.54 Å². The molecular weight excluding hydrogens is 384 g/mol. The average Bonchev–Trinajstić information content (AvgIpc) is 2.72. The number of carbonyl (C=O) groups is 2. The highest BCUT2D eigenvalue weighted by atomic mass is 32.2. The van der Waals surface area contributed by atoms with Crippen LogP contribution >= 0.6 is 11.8 Å². The lowest BCUT2D eigenvalue weighted by molar-refractivity contribution is -0.124. The minimum Gasteiger partial charge on any atom is -0.363 e. The Labute approximate surface area is 173 Å². The maximum absolute atomic E-state index is 12.6. The Morgan fingerprint density at radius 2 is 1.93 bits per heavy atom. The smallest absolute Gasteiger partial charge is 0.238 e. The van der Waals surface area contributed by atoms with Gasteiger partial charge >= 0.3 is 0 Å². The molecular formula is C22H22N4O2S. The normalized spacial score (nSPS) is 15.5. The van der Waals surface area contributed by atoms with Crippen molar-refractivity contribution in [1.29, 1.82) is 0 Å². The Balaban J connectivity index is 1.46. The summed E-state index contributed by atoms with van der Waals surface area (Å²) in [7, 11) is 3.88. The summed E-state index contributed by atoms with van der Waals surface area (Å²) in [6.07, 6.45) is 0.133. The zero-order valence-electron chi connectivity index (χ0n) is 16.3. The molecule has 1 aliphatic heterocycles. The second kappa shape index (κ2) is 8.13. The number of hydrogen-bond donors (Lipinski definition) is 2. The monoisotopic (exact) mass is 406 g/mol. The number of pyridine rings is 1. The maximum atomic E-state index is 12.6. The zero-order chi connectivity index (χ0) is 20.4. The van der Waals surface area contributed by atoms with Crippen LogP contribution in [0.5, 0.6) is 0 Å². The van der Waals surface area contributed by atoms with Gasteiger partial charge in [0.15, 0.2) is 0 Å². The van der Waals surface area contributed by atoms with Gasteiger partial charge in [-0.15, -0.1) is 11.8 Å². The van der Waals surface area contributed by atoms with Crippen LogP contribution in [0.3, 0.4) is 0 Å². The number of rotatable bonds is 5. The maximum Gasteiger partial charge on any atom is 0.238 e. The molecule has 0 bridgehead atoms. The summed E-state index contributed by atoms with van der Waals surface area (Å²) < 4.78 is 0. The van der Waals surface area contributed by atoms with Gasteiger partial charge in [-0.3, -0.25) is 9.59 Å². The van der Waals surface area contributed by atoms with Crippen molar-refractivity contribution < 1.29 is 9.59 Å². The number of aromatic nitrogens is 1. The fraction of sp³-hybridized carbons (Fsp3) is 0.227. The summed E-state index contributed by atoms with van der Waals surface area (Å²) in [4.78, 5) is 32.5. The van der Waals surface area contributed by atoms with Gasteiger partial charge in [-0.05, 0) is 29.8 Å². The fourth-order valence-electron chi connectivity index (χ4n) is 3.27. The molecule has 1 aliphatic rings. The number of anilines is 2. The van der Waals surface area contributed by atoms with Gasteiger partial charge in [-0.1, -0.05) is 30.3 Å². The van der Waals surface area contributed by atoms with Crippen LogP contribution in [0.1, 0.15) is 12.0 Å². The van der Waals surface area contributed by atoms with Crippen LogP contribution in [0.2, 0.25) is 0 Å². The number of amides is 2. The van der Waals surface area contributed by atoms with Crippen LogP contribution in [0.4, 0.5) is 11.5 Å². The standard InChI is InChI=1S/C22H22N4O2S/c1-26(2)20-11-14(15-7-3-4-8-16(15)24-20)13-23-21(27)12-19-22(28)25-17-9-5-6-10-18(17)29-19/h3-11,19H,12-13H2,1-2H3,(H,23,27)(H,25,28)/t19-/m1/s1. The first-order chi connectivity index (χ1) is 14.0. The molecule has 0 saturated carbocycles. The van der Waals surface area contributed by atoms with Crippen LogP contribution in [0, 0.1) is 0 Å². The van der Waals surface area contributed by atoms with Gasteiger partial charge in [-0.25, -0.2) is 4.98 Å². The predicted molar refractivity (Wildman–Crippen MR) is 117 cm³/mol. The van der Waals surface area contributed by atoms with Gasteiger partial charge in [0.1, 0.15) is 5.82 Å². The molecule has 2 heterocycles. The summed E-state index contributed by atoms with van der Waals surface area (Å²) in [5, 5.41) is 6.43. The lowest BCUT2D eigenvalue weighted by atomic mass is 10.1. The minimum absolute atomic E-state index is 0.131. The first-order valence-electron chi connectivity index (χ1n) is 9.40. The van der Waals surface area contributed by atoms with E-state index < -0.39 is 5.25 Å². The highest BCUT2D eigenvalue weighted by molar-refractivity contribution is 8.01. The first kappa shape index (κ1) is 19.3. The van der Waals surface area contributed by atoms with E-state index in [1.807, 2.05) is 73.6 Å². The van der Waals surface area contributed by atoms with E-state index in [2.05, 4.69) is 15.6 Å². The zero-order valence-corrected chi connectivity index (χ0v) is 17.1. The summed E-state index contributed by atoms with van der Waals surface area (Å²) in [6.45, 7) is 0.387. The first-order valence-corrected chi connectivity index (χ1v) is 10.3. The quantitative estimate of drug-likeness (QED) is 0.679. The second-order valence-corrected chi connectivity index (χ2v) is 8.37. The van der Waals surface area contributed by atoms with Crippen molar-refractivity contribution >= 4 is 46.0 Å². The van der Waals surface area contributed by atoms with E-state index >= 15 is 0 Å². The number of nitrogens with zero attached hydrogens (tertiary/aromatic N) is 2. The molecule has 2 amide bonds. The molecule has 3 aromatic rings. The fourth-order valence-corrected chi connectivity index (χ4v) is 4.38. The molecule has 0 saturated heterocycles. The van der Waals surface area contributed by atoms with Crippen LogP contribution in [-0.2, 0) is 16.1 Å². The number of hydrogen-bond acceptors (Lipinski definition) is 5. The van der Waals surface area contributed by atoms with Crippen molar-refractivity contribution in [1.82, 2.24) is 10.3 Å². The molecule has 6 nitrogen and oxygen atoms in total. The predicted octanol–water partition coefficient (Wildman–Crippen LogP) is 3.42. The largest absolute Gasteiger partial charge is 0.363 e. The number of benzene rings is 2. The van der Waals surface area contributed by atoms with E-state index in [1.54, 1.807) is 0 Å². The average molecular weight is 407 g/mol. The van der Waals surface area contributed by atoms with Crippen LogP contribution in [0.15, 0.2) is 59.5 Å². The van der Waals surface area contributed by atoms with E-state index in [9.17, 15) is 9.59 Å². The van der Waals surface area contributed by atoms with E-state index in [4.69, 9.17) is 0 Å². The van der Waals surface area contributed by atoms with E-state index in [0.717, 1.165) is 32.9 Å². The Morgan fingerprint density at radius 3 is 2.76 bits per heavy atom. The number of carbonyl (C=O) groups excluding carboxylic acids is 2. The lowest BCUT2D eigenvalue weighted by Gasteiger charge is -2.23. The van der Waals surface area contributed by atoms with Gasteiger partial charge in [0, 0.05) is 37.3 Å². The lowest BCUT2D eigenvalue weighted by Crippen LogP contribution is -2.34. The number of nitrogens with one attached hydrogen (secondary N) is 2. The third-order valence-corrected chi connectivity index (χ3v) is 6.08. The summed E-state index contributed by atoms with van der Waals surface area (Å²) >= 11 is 1.43. The second-order valence-electron chi connectivity index (χ2n) is 7.12. The number of para-hydroxylation sites is 2. The van der Waals surface area contributed by atoms with Gasteiger partial charge in [-0.2, -0.15) is 0 Å². The van der Waals surface area contributed by atoms with E-state index in [-0.39, 0.29) is 18.2 Å². The number of thioether (sulfide) groups is 1. The third kappa shape index (κ3) is 4.19. The van der Waals surface area contributed by atoms with Crippen molar-refractivity contribution in [3.05, 3.63) is 60.2 Å². The van der Waals surface area contributed by atoms with Gasteiger partial charge < -0.3 is 15.5 Å². The van der Waals surface area contributed by atoms with Crippen LogP contribution < -0.4 is 15.5 Å². The topological polar surface area (TPSA) is 74.3 Å². The SMILES string of the molecule is CN(C)c1cc(CNC(=O)C[C@H]2Sc3ccccc3NC2=O)c2ccccc2n1. The highest BCUT2D eigenvalue weighted by Crippen LogP contribution is 2.36. The third-order valence-electron chi connectivity index (χ3n) is 4.80. The van der Waals surface area contributed by atoms with Gasteiger partial charge in [0.2, 0.25) is 11.8 Å². The Hall–Kier alpha value is -3.06. The van der Waals surface area contributed by atoms with Crippen molar-refractivity contribution in [2.75, 3.05) is 24.3 Å². The molecule has 0 fully saturated rings. The molecule has 1 atom stereocenters. The molecule has 29 heavy (non-hydrogen) atoms. The van der Waals surface area contributed by atoms with Crippen LogP contribution in [0.25, 0.3) is 10.9 Å². The molecule has 0 aliphatic carbocycles. The highest BCUT2D eigenvalue weighted by Gasteiger charge is 2.28. The molecule has 0 radical (unpaired) electrons. The molecule has 2 aromatic carbocycles. The summed E-state index contributed by atoms with van der Waals surface area (Å²) in [6, 6.07) is 17.5. The molecule has 7 heteroatoms. The molecule has 148 valence electrons. The summed E-state index contributed by atoms with van der Waals surface area (Å²) in [5.74, 6) is 0.559. The molecule has 2 N–H and O–H groups in total. The van der Waals surface area contributed by atoms with Crippen molar-refractivity contribution in [3.63, 3.8) is 0 Å². The van der Waals surface area contributed by atoms with Gasteiger partial charge in [0.25, 0.3) is 0 Å². The van der Waals surface area contributed by atoms with Gasteiger partial charge in [0.05, 0.1) is 16.5 Å². The summed E-state index contributed by atoms with van der Waals surface area (Å²) in [5.41, 5.74) is 2.69. The van der Waals surface area contributed by atoms with E-state index in [1.165, 1.54) is 11.8 Å². The van der Waals surface area contributed by atoms with Crippen molar-refractivity contribution in [2.24, 2.45) is 0 Å². The van der Waals surface area contributed by atoms with Crippen molar-refractivity contribution in [3.8, 4) is 0 Å². The molecule has 0 spiro atoms. The minimum atomic E-state index is -0.434. The Bertz CT molecular complexity index is 1080. The van der Waals surface area contributed by atoms with Crippen molar-refractivity contribution in [2.45, 2.75) is 23.1 Å². The molecule has 4 rings (SSSR count). The van der Waals surface area contributed by atoms with Crippen LogP contribution in [-0.4, -0.2) is 36.1 Å². The molecule has 0 unspecified atom stereocenters. The number of fused-ring (bicyclic) bond motifs is 2.